The van der Waals surface area contributed by atoms with Crippen LogP contribution in [0.4, 0.5) is 10.1 Å². The van der Waals surface area contributed by atoms with Gasteiger partial charge in [-0.25, -0.2) is 14.4 Å². The molecule has 27 heavy (non-hydrogen) atoms. The average molecular weight is 363 g/mol. The quantitative estimate of drug-likeness (QED) is 0.584. The van der Waals surface area contributed by atoms with Gasteiger partial charge in [0.15, 0.2) is 5.65 Å². The van der Waals surface area contributed by atoms with E-state index in [0.717, 1.165) is 24.2 Å². The van der Waals surface area contributed by atoms with Gasteiger partial charge in [0.25, 0.3) is 0 Å². The van der Waals surface area contributed by atoms with Crippen LogP contribution >= 0.6 is 0 Å². The van der Waals surface area contributed by atoms with Gasteiger partial charge in [0.2, 0.25) is 5.56 Å². The maximum atomic E-state index is 14.2. The summed E-state index contributed by atoms with van der Waals surface area (Å²) in [4.78, 5) is 23.9. The zero-order valence-electron chi connectivity index (χ0n) is 14.6. The lowest BCUT2D eigenvalue weighted by molar-refractivity contribution is 0.391. The van der Waals surface area contributed by atoms with Crippen LogP contribution in [0, 0.1) is 5.82 Å². The Kier molecular flexibility index (Phi) is 3.50. The molecule has 0 unspecified atom stereocenters. The van der Waals surface area contributed by atoms with Crippen LogP contribution in [0.25, 0.3) is 22.1 Å². The predicted molar refractivity (Wildman–Crippen MR) is 102 cm³/mol. The first-order valence-corrected chi connectivity index (χ1v) is 9.03. The number of aromatic amines is 1. The summed E-state index contributed by atoms with van der Waals surface area (Å²) < 4.78 is 16.2. The molecule has 1 aliphatic rings. The zero-order valence-corrected chi connectivity index (χ0v) is 14.6. The van der Waals surface area contributed by atoms with Crippen molar-refractivity contribution in [2.45, 2.75) is 31.7 Å². The number of fused-ring (bicyclic) bond motifs is 2. The normalized spacial score (nSPS) is 14.7. The molecule has 0 spiro atoms. The lowest BCUT2D eigenvalue weighted by Gasteiger charge is -2.25. The molecule has 0 saturated heterocycles. The van der Waals surface area contributed by atoms with Crippen LogP contribution in [0.1, 0.15) is 36.6 Å². The standard InChI is InChI=1S/C20H18FN5O/c21-14-6-2-5-13-12(9-16(27)24-17(13)14)10-26-19(11-3-1-4-11)25-18-15(22)7-8-23-20(18)26/h2,5-9,11H,1,3-4,10H2,(H2,22,23)(H,24,27). The number of benzene rings is 1. The maximum Gasteiger partial charge on any atom is 0.248 e. The SMILES string of the molecule is Nc1ccnc2c1nc(C1CCC1)n2Cc1cc(=O)[nH]c2c(F)cccc12. The van der Waals surface area contributed by atoms with Crippen LogP contribution in [0.3, 0.4) is 0 Å². The summed E-state index contributed by atoms with van der Waals surface area (Å²) in [6.45, 7) is 0.392. The van der Waals surface area contributed by atoms with Gasteiger partial charge in [-0.15, -0.1) is 0 Å². The number of nitrogens with zero attached hydrogens (tertiary/aromatic N) is 3. The summed E-state index contributed by atoms with van der Waals surface area (Å²) in [5, 5.41) is 0.680. The fourth-order valence-electron chi connectivity index (χ4n) is 3.80. The Balaban J connectivity index is 1.74. The lowest BCUT2D eigenvalue weighted by atomic mass is 9.85. The van der Waals surface area contributed by atoms with Gasteiger partial charge in [-0.2, -0.15) is 0 Å². The van der Waals surface area contributed by atoms with Crippen molar-refractivity contribution < 1.29 is 4.39 Å². The van der Waals surface area contributed by atoms with Gasteiger partial charge in [0.1, 0.15) is 17.2 Å². The van der Waals surface area contributed by atoms with E-state index in [2.05, 4.69) is 9.97 Å². The van der Waals surface area contributed by atoms with Gasteiger partial charge in [0.05, 0.1) is 17.7 Å². The number of hydrogen-bond acceptors (Lipinski definition) is 4. The van der Waals surface area contributed by atoms with Crippen LogP contribution in [0.5, 0.6) is 0 Å². The number of halogens is 1. The average Bonchev–Trinajstić information content (AvgIpc) is 2.94. The van der Waals surface area contributed by atoms with Crippen molar-refractivity contribution in [3.8, 4) is 0 Å². The molecule has 136 valence electrons. The first-order chi connectivity index (χ1) is 13.1. The van der Waals surface area contributed by atoms with Gasteiger partial charge in [0, 0.05) is 23.6 Å². The smallest absolute Gasteiger partial charge is 0.248 e. The number of imidazole rings is 1. The number of H-pyrrole nitrogens is 1. The molecule has 3 N–H and O–H groups in total. The molecule has 0 amide bonds. The Labute approximate surface area is 153 Å². The molecule has 5 rings (SSSR count). The summed E-state index contributed by atoms with van der Waals surface area (Å²) in [6, 6.07) is 8.06. The van der Waals surface area contributed by atoms with E-state index in [9.17, 15) is 9.18 Å². The summed E-state index contributed by atoms with van der Waals surface area (Å²) in [7, 11) is 0. The van der Waals surface area contributed by atoms with Gasteiger partial charge in [-0.05, 0) is 30.5 Å². The molecule has 1 aromatic carbocycles. The number of nitrogen functional groups attached to an aromatic ring is 1. The highest BCUT2D eigenvalue weighted by molar-refractivity contribution is 5.85. The Morgan fingerprint density at radius 1 is 1.30 bits per heavy atom. The number of hydrogen-bond donors (Lipinski definition) is 2. The van der Waals surface area contributed by atoms with Crippen molar-refractivity contribution in [1.82, 2.24) is 19.5 Å². The highest BCUT2D eigenvalue weighted by Gasteiger charge is 2.27. The van der Waals surface area contributed by atoms with Crippen LogP contribution < -0.4 is 11.3 Å². The summed E-state index contributed by atoms with van der Waals surface area (Å²) >= 11 is 0. The van der Waals surface area contributed by atoms with E-state index < -0.39 is 5.82 Å². The summed E-state index contributed by atoms with van der Waals surface area (Å²) in [5.41, 5.74) is 8.70. The number of nitrogens with one attached hydrogen (secondary N) is 1. The molecule has 1 fully saturated rings. The largest absolute Gasteiger partial charge is 0.397 e. The van der Waals surface area contributed by atoms with Crippen LogP contribution in [0.15, 0.2) is 41.3 Å². The number of anilines is 1. The lowest BCUT2D eigenvalue weighted by Crippen LogP contribution is -2.17. The van der Waals surface area contributed by atoms with Crippen molar-refractivity contribution in [3.63, 3.8) is 0 Å². The third-order valence-corrected chi connectivity index (χ3v) is 5.41. The summed E-state index contributed by atoms with van der Waals surface area (Å²) in [6.07, 6.45) is 4.99. The number of para-hydroxylation sites is 1. The van der Waals surface area contributed by atoms with E-state index in [4.69, 9.17) is 10.7 Å². The fraction of sp³-hybridized carbons (Fsp3) is 0.250. The maximum absolute atomic E-state index is 14.2. The molecule has 0 bridgehead atoms. The highest BCUT2D eigenvalue weighted by atomic mass is 19.1. The molecular weight excluding hydrogens is 345 g/mol. The van der Waals surface area contributed by atoms with E-state index in [1.807, 2.05) is 10.6 Å². The molecule has 3 heterocycles. The minimum absolute atomic E-state index is 0.224. The van der Waals surface area contributed by atoms with Crippen molar-refractivity contribution >= 4 is 27.8 Å². The van der Waals surface area contributed by atoms with E-state index in [0.29, 0.717) is 34.7 Å². The minimum atomic E-state index is -0.441. The van der Waals surface area contributed by atoms with E-state index >= 15 is 0 Å². The van der Waals surface area contributed by atoms with E-state index in [1.165, 1.54) is 18.6 Å². The van der Waals surface area contributed by atoms with Gasteiger partial charge in [-0.1, -0.05) is 18.6 Å². The second-order valence-corrected chi connectivity index (χ2v) is 7.08. The molecule has 7 heteroatoms. The number of aromatic nitrogens is 4. The van der Waals surface area contributed by atoms with Crippen molar-refractivity contribution in [2.75, 3.05) is 5.73 Å². The predicted octanol–water partition coefficient (Wildman–Crippen LogP) is 3.31. The third kappa shape index (κ3) is 2.50. The second kappa shape index (κ2) is 5.90. The van der Waals surface area contributed by atoms with Crippen LogP contribution in [-0.4, -0.2) is 19.5 Å². The van der Waals surface area contributed by atoms with E-state index in [-0.39, 0.29) is 11.1 Å². The van der Waals surface area contributed by atoms with Gasteiger partial charge >= 0.3 is 0 Å². The first kappa shape index (κ1) is 16.0. The molecular formula is C20H18FN5O. The molecule has 3 aromatic heterocycles. The van der Waals surface area contributed by atoms with Crippen molar-refractivity contribution in [3.05, 3.63) is 64.1 Å². The fourth-order valence-corrected chi connectivity index (χ4v) is 3.80. The Morgan fingerprint density at radius 2 is 2.15 bits per heavy atom. The molecule has 1 aliphatic carbocycles. The molecule has 6 nitrogen and oxygen atoms in total. The van der Waals surface area contributed by atoms with Crippen LogP contribution in [0.2, 0.25) is 0 Å². The zero-order chi connectivity index (χ0) is 18.5. The van der Waals surface area contributed by atoms with Gasteiger partial charge < -0.3 is 15.3 Å². The second-order valence-electron chi connectivity index (χ2n) is 7.08. The Hall–Kier alpha value is -3.22. The number of rotatable bonds is 3. The molecule has 4 aromatic rings. The molecule has 0 radical (unpaired) electrons. The van der Waals surface area contributed by atoms with Crippen LogP contribution in [-0.2, 0) is 6.54 Å². The van der Waals surface area contributed by atoms with Gasteiger partial charge in [-0.3, -0.25) is 4.79 Å². The Bertz CT molecular complexity index is 1240. The van der Waals surface area contributed by atoms with Crippen molar-refractivity contribution in [2.24, 2.45) is 0 Å². The number of nitrogens with two attached hydrogens (primary N) is 1. The topological polar surface area (TPSA) is 89.6 Å². The Morgan fingerprint density at radius 3 is 2.93 bits per heavy atom. The molecule has 0 atom stereocenters. The molecule has 1 saturated carbocycles. The highest BCUT2D eigenvalue weighted by Crippen LogP contribution is 2.38. The van der Waals surface area contributed by atoms with E-state index in [1.54, 1.807) is 18.3 Å². The summed E-state index contributed by atoms with van der Waals surface area (Å²) in [5.74, 6) is 0.860. The first-order valence-electron chi connectivity index (χ1n) is 9.03. The molecule has 0 aliphatic heterocycles. The number of pyridine rings is 2. The third-order valence-electron chi connectivity index (χ3n) is 5.41. The monoisotopic (exact) mass is 363 g/mol. The minimum Gasteiger partial charge on any atom is -0.397 e. The van der Waals surface area contributed by atoms with Crippen molar-refractivity contribution in [1.29, 1.82) is 0 Å².